The molecular formula is C14H29N2O7P3. The van der Waals surface area contributed by atoms with Crippen molar-refractivity contribution in [1.82, 2.24) is 5.32 Å². The standard InChI is InChI=1S/C14H29N2O7P3/c1-13(2,3)20-6-5-14(4,15)16-10(12(19)23-26)8(11(18)22-25)7-9(17)21-24/h8,10,16H,5-7,15,24-26H2,1-4H3. The van der Waals surface area contributed by atoms with E-state index in [0.717, 1.165) is 0 Å². The van der Waals surface area contributed by atoms with Crippen molar-refractivity contribution in [3.63, 3.8) is 0 Å². The summed E-state index contributed by atoms with van der Waals surface area (Å²) in [5.41, 5.74) is 4.77. The van der Waals surface area contributed by atoms with E-state index in [-0.39, 0.29) is 5.60 Å². The Labute approximate surface area is 161 Å². The number of hydrogen-bond acceptors (Lipinski definition) is 9. The minimum absolute atomic E-state index is 0.318. The summed E-state index contributed by atoms with van der Waals surface area (Å²) in [4.78, 5) is 35.9. The van der Waals surface area contributed by atoms with Crippen molar-refractivity contribution in [2.75, 3.05) is 6.61 Å². The van der Waals surface area contributed by atoms with Gasteiger partial charge in [0.2, 0.25) is 0 Å². The third-order valence-electron chi connectivity index (χ3n) is 3.35. The van der Waals surface area contributed by atoms with Gasteiger partial charge in [-0.15, -0.1) is 0 Å². The molecule has 0 aliphatic carbocycles. The smallest absolute Gasteiger partial charge is 0.326 e. The maximum Gasteiger partial charge on any atom is 0.326 e. The van der Waals surface area contributed by atoms with E-state index in [4.69, 9.17) is 10.5 Å². The van der Waals surface area contributed by atoms with Crippen LogP contribution in [0.15, 0.2) is 0 Å². The maximum absolute atomic E-state index is 12.2. The minimum atomic E-state index is -1.23. The van der Waals surface area contributed by atoms with Crippen LogP contribution in [0.3, 0.4) is 0 Å². The van der Waals surface area contributed by atoms with Gasteiger partial charge in [-0.2, -0.15) is 0 Å². The SMILES string of the molecule is CC(N)(CCOC(C)(C)C)NC(C(=O)OP)C(CC(=O)OP)C(=O)OP. The van der Waals surface area contributed by atoms with E-state index in [0.29, 0.717) is 13.0 Å². The number of nitrogens with two attached hydrogens (primary N) is 1. The Bertz CT molecular complexity index is 497. The number of rotatable bonds is 10. The van der Waals surface area contributed by atoms with Crippen LogP contribution < -0.4 is 11.1 Å². The number of carbonyl (C=O) groups excluding carboxylic acids is 3. The van der Waals surface area contributed by atoms with E-state index in [9.17, 15) is 14.4 Å². The molecule has 0 aliphatic heterocycles. The predicted molar refractivity (Wildman–Crippen MR) is 105 cm³/mol. The fourth-order valence-electron chi connectivity index (χ4n) is 2.05. The van der Waals surface area contributed by atoms with Gasteiger partial charge in [0, 0.05) is 6.42 Å². The van der Waals surface area contributed by atoms with Crippen molar-refractivity contribution >= 4 is 46.3 Å². The Balaban J connectivity index is 5.33. The Morgan fingerprint density at radius 3 is 1.96 bits per heavy atom. The van der Waals surface area contributed by atoms with Gasteiger partial charge in [-0.3, -0.25) is 19.7 Å². The van der Waals surface area contributed by atoms with E-state index in [2.05, 4.69) is 18.9 Å². The van der Waals surface area contributed by atoms with E-state index in [1.165, 1.54) is 0 Å². The molecule has 0 amide bonds. The molecule has 0 aromatic carbocycles. The van der Waals surface area contributed by atoms with Crippen LogP contribution in [0.2, 0.25) is 0 Å². The summed E-state index contributed by atoms with van der Waals surface area (Å²) in [5.74, 6) is -3.51. The number of nitrogens with one attached hydrogen (secondary N) is 1. The molecule has 0 aromatic heterocycles. The van der Waals surface area contributed by atoms with Crippen LogP contribution in [-0.2, 0) is 32.7 Å². The molecule has 6 atom stereocenters. The number of carbonyl (C=O) groups is 3. The summed E-state index contributed by atoms with van der Waals surface area (Å²) in [6.07, 6.45) is -0.0651. The van der Waals surface area contributed by atoms with Gasteiger partial charge in [0.25, 0.3) is 0 Å². The highest BCUT2D eigenvalue weighted by molar-refractivity contribution is 7.11. The Morgan fingerprint density at radius 2 is 1.54 bits per heavy atom. The second-order valence-corrected chi connectivity index (χ2v) is 7.63. The zero-order chi connectivity index (χ0) is 20.5. The molecule has 0 spiro atoms. The summed E-state index contributed by atoms with van der Waals surface area (Å²) in [6, 6.07) is -1.23. The lowest BCUT2D eigenvalue weighted by molar-refractivity contribution is -0.150. The summed E-state index contributed by atoms with van der Waals surface area (Å²) in [6.45, 7) is 7.67. The van der Waals surface area contributed by atoms with Gasteiger partial charge in [-0.05, 0) is 27.7 Å². The highest BCUT2D eigenvalue weighted by atomic mass is 31.0. The van der Waals surface area contributed by atoms with Crippen LogP contribution in [-0.4, -0.2) is 41.8 Å². The molecule has 0 rings (SSSR count). The van der Waals surface area contributed by atoms with Crippen LogP contribution in [0.1, 0.15) is 40.5 Å². The van der Waals surface area contributed by atoms with Gasteiger partial charge in [0.15, 0.2) is 0 Å². The van der Waals surface area contributed by atoms with Crippen molar-refractivity contribution in [3.8, 4) is 0 Å². The Kier molecular flexibility index (Phi) is 11.2. The zero-order valence-electron chi connectivity index (χ0n) is 15.4. The van der Waals surface area contributed by atoms with Gasteiger partial charge in [-0.25, -0.2) is 0 Å². The summed E-state index contributed by atoms with van der Waals surface area (Å²) in [5, 5.41) is 2.86. The average Bonchev–Trinajstić information content (AvgIpc) is 2.54. The summed E-state index contributed by atoms with van der Waals surface area (Å²) >= 11 is 0. The molecule has 0 aromatic rings. The molecule has 0 saturated carbocycles. The fourth-order valence-corrected chi connectivity index (χ4v) is 2.46. The van der Waals surface area contributed by atoms with E-state index < -0.39 is 42.0 Å². The third-order valence-corrected chi connectivity index (χ3v) is 4.08. The highest BCUT2D eigenvalue weighted by Crippen LogP contribution is 2.20. The number of ether oxygens (including phenoxy) is 1. The molecule has 26 heavy (non-hydrogen) atoms. The molecule has 0 saturated heterocycles. The lowest BCUT2D eigenvalue weighted by Crippen LogP contribution is -2.61. The first kappa shape index (κ1) is 25.6. The lowest BCUT2D eigenvalue weighted by Gasteiger charge is -2.34. The topological polar surface area (TPSA) is 126 Å². The molecule has 0 bridgehead atoms. The van der Waals surface area contributed by atoms with Gasteiger partial charge in [-0.1, -0.05) is 0 Å². The van der Waals surface area contributed by atoms with Crippen molar-refractivity contribution in [2.24, 2.45) is 11.7 Å². The normalized spacial score (nSPS) is 16.2. The third kappa shape index (κ3) is 10.1. The van der Waals surface area contributed by atoms with Gasteiger partial charge >= 0.3 is 17.9 Å². The summed E-state index contributed by atoms with van der Waals surface area (Å²) < 4.78 is 19.4. The second kappa shape index (κ2) is 11.4. The first-order chi connectivity index (χ1) is 11.9. The molecule has 0 aliphatic rings. The Morgan fingerprint density at radius 1 is 1.00 bits per heavy atom. The van der Waals surface area contributed by atoms with E-state index in [1.807, 2.05) is 20.8 Å². The van der Waals surface area contributed by atoms with E-state index in [1.54, 1.807) is 35.3 Å². The van der Waals surface area contributed by atoms with Crippen LogP contribution in [0.5, 0.6) is 0 Å². The molecule has 0 fully saturated rings. The van der Waals surface area contributed by atoms with Crippen molar-refractivity contribution < 1.29 is 32.7 Å². The van der Waals surface area contributed by atoms with Crippen LogP contribution in [0.25, 0.3) is 0 Å². The van der Waals surface area contributed by atoms with Crippen LogP contribution in [0, 0.1) is 5.92 Å². The molecule has 12 heteroatoms. The first-order valence-electron chi connectivity index (χ1n) is 7.78. The number of hydrogen-bond donors (Lipinski definition) is 2. The molecule has 0 heterocycles. The van der Waals surface area contributed by atoms with Crippen molar-refractivity contribution in [1.29, 1.82) is 0 Å². The zero-order valence-corrected chi connectivity index (χ0v) is 18.9. The molecule has 9 nitrogen and oxygen atoms in total. The van der Waals surface area contributed by atoms with Crippen LogP contribution in [0.4, 0.5) is 0 Å². The molecular weight excluding hydrogens is 401 g/mol. The highest BCUT2D eigenvalue weighted by Gasteiger charge is 2.40. The quantitative estimate of drug-likeness (QED) is 0.383. The minimum Gasteiger partial charge on any atom is -0.451 e. The molecule has 6 unspecified atom stereocenters. The van der Waals surface area contributed by atoms with Gasteiger partial charge in [0.1, 0.15) is 6.04 Å². The lowest BCUT2D eigenvalue weighted by atomic mass is 9.94. The van der Waals surface area contributed by atoms with Crippen molar-refractivity contribution in [3.05, 3.63) is 0 Å². The monoisotopic (exact) mass is 430 g/mol. The average molecular weight is 430 g/mol. The fraction of sp³-hybridized carbons (Fsp3) is 0.786. The first-order valence-corrected chi connectivity index (χ1v) is 9.19. The molecule has 152 valence electrons. The van der Waals surface area contributed by atoms with Crippen molar-refractivity contribution in [2.45, 2.75) is 57.8 Å². The largest absolute Gasteiger partial charge is 0.451 e. The van der Waals surface area contributed by atoms with Gasteiger partial charge < -0.3 is 24.0 Å². The molecule has 0 radical (unpaired) electrons. The summed E-state index contributed by atoms with van der Waals surface area (Å²) in [7, 11) is 5.37. The maximum atomic E-state index is 12.2. The Hall–Kier alpha value is -0.420. The van der Waals surface area contributed by atoms with Crippen LogP contribution >= 0.6 is 28.4 Å². The molecule has 3 N–H and O–H groups in total. The second-order valence-electron chi connectivity index (χ2n) is 6.92. The van der Waals surface area contributed by atoms with Gasteiger partial charge in [0.05, 0.1) is 58.6 Å². The predicted octanol–water partition coefficient (Wildman–Crippen LogP) is 0.831. The van der Waals surface area contributed by atoms with E-state index >= 15 is 0 Å².